The molecule has 1 aliphatic rings. The molecule has 2 rings (SSSR count). The lowest BCUT2D eigenvalue weighted by atomic mass is 10.0. The second kappa shape index (κ2) is 8.01. The van der Waals surface area contributed by atoms with E-state index in [2.05, 4.69) is 40.0 Å². The Balaban J connectivity index is 1.77. The molecule has 1 aliphatic heterocycles. The predicted octanol–water partition coefficient (Wildman–Crippen LogP) is 3.15. The molecule has 1 aromatic rings. The van der Waals surface area contributed by atoms with E-state index in [1.165, 1.54) is 6.42 Å². The van der Waals surface area contributed by atoms with Gasteiger partial charge in [0.25, 0.3) is 0 Å². The van der Waals surface area contributed by atoms with Gasteiger partial charge in [0, 0.05) is 36.7 Å². The third kappa shape index (κ3) is 5.08. The van der Waals surface area contributed by atoms with Crippen molar-refractivity contribution in [3.63, 3.8) is 0 Å². The van der Waals surface area contributed by atoms with E-state index < -0.39 is 0 Å². The summed E-state index contributed by atoms with van der Waals surface area (Å²) < 4.78 is 6.92. The first-order valence-corrected chi connectivity index (χ1v) is 8.27. The topological polar surface area (TPSA) is 24.5 Å². The Morgan fingerprint density at radius 2 is 2.10 bits per heavy atom. The molecule has 1 N–H and O–H groups in total. The largest absolute Gasteiger partial charge is 0.492 e. The number of nitrogens with zero attached hydrogens (tertiary/aromatic N) is 1. The molecular formula is C16H25BrN2O. The molecule has 112 valence electrons. The molecule has 0 amide bonds. The summed E-state index contributed by atoms with van der Waals surface area (Å²) in [6.45, 7) is 9.69. The first kappa shape index (κ1) is 15.8. The fraction of sp³-hybridized carbons (Fsp3) is 0.625. The zero-order valence-electron chi connectivity index (χ0n) is 12.4. The molecule has 4 heteroatoms. The first-order valence-electron chi connectivity index (χ1n) is 7.48. The third-order valence-corrected chi connectivity index (χ3v) is 4.21. The van der Waals surface area contributed by atoms with Crippen LogP contribution >= 0.6 is 15.9 Å². The van der Waals surface area contributed by atoms with Crippen molar-refractivity contribution in [3.05, 3.63) is 28.7 Å². The highest BCUT2D eigenvalue weighted by molar-refractivity contribution is 9.10. The van der Waals surface area contributed by atoms with Crippen LogP contribution in [0.1, 0.15) is 20.3 Å². The summed E-state index contributed by atoms with van der Waals surface area (Å²) in [6, 6.07) is 8.70. The van der Waals surface area contributed by atoms with Crippen LogP contribution in [0.2, 0.25) is 0 Å². The molecule has 1 atom stereocenters. The number of rotatable bonds is 6. The van der Waals surface area contributed by atoms with E-state index >= 15 is 0 Å². The molecule has 0 aliphatic carbocycles. The van der Waals surface area contributed by atoms with Crippen molar-refractivity contribution in [1.82, 2.24) is 10.2 Å². The molecule has 0 spiro atoms. The zero-order chi connectivity index (χ0) is 14.4. The van der Waals surface area contributed by atoms with Gasteiger partial charge < -0.3 is 10.1 Å². The smallest absolute Gasteiger partial charge is 0.119 e. The van der Waals surface area contributed by atoms with E-state index in [9.17, 15) is 0 Å². The van der Waals surface area contributed by atoms with Crippen molar-refractivity contribution in [2.45, 2.75) is 26.3 Å². The summed E-state index contributed by atoms with van der Waals surface area (Å²) in [6.07, 6.45) is 1.26. The summed E-state index contributed by atoms with van der Waals surface area (Å²) >= 11 is 3.44. The Kier molecular flexibility index (Phi) is 6.33. The minimum atomic E-state index is 0.650. The zero-order valence-corrected chi connectivity index (χ0v) is 14.0. The van der Waals surface area contributed by atoms with Gasteiger partial charge in [0.1, 0.15) is 12.4 Å². The average Bonchev–Trinajstić information content (AvgIpc) is 2.42. The molecule has 3 nitrogen and oxygen atoms in total. The number of piperazine rings is 1. The van der Waals surface area contributed by atoms with Crippen LogP contribution in [0.4, 0.5) is 0 Å². The lowest BCUT2D eigenvalue weighted by molar-refractivity contribution is 0.119. The van der Waals surface area contributed by atoms with Crippen LogP contribution in [0, 0.1) is 5.92 Å². The molecule has 1 saturated heterocycles. The Hall–Kier alpha value is -0.580. The van der Waals surface area contributed by atoms with Gasteiger partial charge in [-0.05, 0) is 36.6 Å². The quantitative estimate of drug-likeness (QED) is 0.860. The maximum Gasteiger partial charge on any atom is 0.119 e. The number of hydrogen-bond acceptors (Lipinski definition) is 3. The van der Waals surface area contributed by atoms with E-state index in [4.69, 9.17) is 4.74 Å². The fourth-order valence-electron chi connectivity index (χ4n) is 2.69. The monoisotopic (exact) mass is 340 g/mol. The first-order chi connectivity index (χ1) is 9.65. The van der Waals surface area contributed by atoms with Crippen LogP contribution in [0.3, 0.4) is 0 Å². The van der Waals surface area contributed by atoms with Gasteiger partial charge in [-0.3, -0.25) is 4.90 Å². The number of benzene rings is 1. The van der Waals surface area contributed by atoms with Gasteiger partial charge in [-0.25, -0.2) is 0 Å². The van der Waals surface area contributed by atoms with Crippen molar-refractivity contribution in [1.29, 1.82) is 0 Å². The highest BCUT2D eigenvalue weighted by atomic mass is 79.9. The summed E-state index contributed by atoms with van der Waals surface area (Å²) in [5, 5.41) is 3.50. The van der Waals surface area contributed by atoms with Crippen LogP contribution < -0.4 is 10.1 Å². The lowest BCUT2D eigenvalue weighted by Crippen LogP contribution is -2.52. The minimum Gasteiger partial charge on any atom is -0.492 e. The van der Waals surface area contributed by atoms with Crippen LogP contribution in [0.25, 0.3) is 0 Å². The average molecular weight is 341 g/mol. The molecule has 0 bridgehead atoms. The summed E-state index contributed by atoms with van der Waals surface area (Å²) in [4.78, 5) is 2.56. The Bertz CT molecular complexity index is 394. The van der Waals surface area contributed by atoms with Gasteiger partial charge in [0.15, 0.2) is 0 Å². The standard InChI is InChI=1S/C16H25BrN2O/c1-13(2)11-15-12-18-7-8-19(15)9-10-20-16-5-3-14(17)4-6-16/h3-6,13,15,18H,7-12H2,1-2H3. The molecule has 1 fully saturated rings. The van der Waals surface area contributed by atoms with E-state index in [0.29, 0.717) is 6.04 Å². The van der Waals surface area contributed by atoms with E-state index in [1.54, 1.807) is 0 Å². The third-order valence-electron chi connectivity index (χ3n) is 3.68. The molecular weight excluding hydrogens is 316 g/mol. The lowest BCUT2D eigenvalue weighted by Gasteiger charge is -2.37. The fourth-order valence-corrected chi connectivity index (χ4v) is 2.95. The Morgan fingerprint density at radius 3 is 2.80 bits per heavy atom. The van der Waals surface area contributed by atoms with E-state index in [-0.39, 0.29) is 0 Å². The second-order valence-electron chi connectivity index (χ2n) is 5.83. The number of hydrogen-bond donors (Lipinski definition) is 1. The summed E-state index contributed by atoms with van der Waals surface area (Å²) in [5.74, 6) is 1.69. The van der Waals surface area contributed by atoms with Crippen LogP contribution in [-0.4, -0.2) is 43.7 Å². The van der Waals surface area contributed by atoms with Crippen LogP contribution in [0.5, 0.6) is 5.75 Å². The van der Waals surface area contributed by atoms with Gasteiger partial charge in [-0.15, -0.1) is 0 Å². The highest BCUT2D eigenvalue weighted by Crippen LogP contribution is 2.17. The molecule has 0 aromatic heterocycles. The number of halogens is 1. The molecule has 1 aromatic carbocycles. The maximum absolute atomic E-state index is 5.83. The van der Waals surface area contributed by atoms with Crippen molar-refractivity contribution in [2.75, 3.05) is 32.8 Å². The maximum atomic E-state index is 5.83. The number of nitrogens with one attached hydrogen (secondary N) is 1. The summed E-state index contributed by atoms with van der Waals surface area (Å²) in [7, 11) is 0. The van der Waals surface area contributed by atoms with E-state index in [1.807, 2.05) is 24.3 Å². The SMILES string of the molecule is CC(C)CC1CNCCN1CCOc1ccc(Br)cc1. The van der Waals surface area contributed by atoms with Crippen LogP contribution in [0.15, 0.2) is 28.7 Å². The van der Waals surface area contributed by atoms with Crippen molar-refractivity contribution in [2.24, 2.45) is 5.92 Å². The highest BCUT2D eigenvalue weighted by Gasteiger charge is 2.22. The van der Waals surface area contributed by atoms with Gasteiger partial charge in [0.2, 0.25) is 0 Å². The van der Waals surface area contributed by atoms with Crippen molar-refractivity contribution in [3.8, 4) is 5.75 Å². The Labute approximate surface area is 130 Å². The molecule has 1 unspecified atom stereocenters. The van der Waals surface area contributed by atoms with E-state index in [0.717, 1.165) is 48.9 Å². The normalized spacial score (nSPS) is 20.3. The van der Waals surface area contributed by atoms with Crippen LogP contribution in [-0.2, 0) is 0 Å². The second-order valence-corrected chi connectivity index (χ2v) is 6.74. The minimum absolute atomic E-state index is 0.650. The summed E-state index contributed by atoms with van der Waals surface area (Å²) in [5.41, 5.74) is 0. The van der Waals surface area contributed by atoms with Gasteiger partial charge in [-0.1, -0.05) is 29.8 Å². The van der Waals surface area contributed by atoms with Gasteiger partial charge in [-0.2, -0.15) is 0 Å². The molecule has 0 radical (unpaired) electrons. The number of ether oxygens (including phenoxy) is 1. The van der Waals surface area contributed by atoms with Crippen molar-refractivity contribution < 1.29 is 4.74 Å². The molecule has 0 saturated carbocycles. The predicted molar refractivity (Wildman–Crippen MR) is 87.3 cm³/mol. The van der Waals surface area contributed by atoms with Gasteiger partial charge in [0.05, 0.1) is 0 Å². The van der Waals surface area contributed by atoms with Crippen molar-refractivity contribution >= 4 is 15.9 Å². The molecule has 20 heavy (non-hydrogen) atoms. The molecule has 1 heterocycles. The Morgan fingerprint density at radius 1 is 1.35 bits per heavy atom. The van der Waals surface area contributed by atoms with Gasteiger partial charge >= 0.3 is 0 Å².